The van der Waals surface area contributed by atoms with Gasteiger partial charge in [0.2, 0.25) is 5.91 Å². The number of anilines is 1. The fourth-order valence-electron chi connectivity index (χ4n) is 3.95. The highest BCUT2D eigenvalue weighted by molar-refractivity contribution is 6.06. The summed E-state index contributed by atoms with van der Waals surface area (Å²) in [5.74, 6) is 0.0810. The van der Waals surface area contributed by atoms with Gasteiger partial charge in [-0.3, -0.25) is 4.79 Å². The summed E-state index contributed by atoms with van der Waals surface area (Å²) in [5.41, 5.74) is 14.2. The number of fused-ring (bicyclic) bond motifs is 3. The molecule has 0 saturated heterocycles. The summed E-state index contributed by atoms with van der Waals surface area (Å²) in [6, 6.07) is 9.98. The van der Waals surface area contributed by atoms with E-state index in [1.807, 2.05) is 24.3 Å². The van der Waals surface area contributed by atoms with Gasteiger partial charge in [0, 0.05) is 17.5 Å². The van der Waals surface area contributed by atoms with E-state index in [9.17, 15) is 4.79 Å². The molecule has 146 valence electrons. The van der Waals surface area contributed by atoms with Gasteiger partial charge in [0.15, 0.2) is 5.82 Å². The number of unbranched alkanes of at least 4 members (excludes halogenated alkanes) is 1. The summed E-state index contributed by atoms with van der Waals surface area (Å²) in [7, 11) is 0. The van der Waals surface area contributed by atoms with E-state index in [4.69, 9.17) is 16.7 Å². The Hall–Kier alpha value is -3.66. The third-order valence-electron chi connectivity index (χ3n) is 5.64. The molecule has 7 nitrogen and oxygen atoms in total. The van der Waals surface area contributed by atoms with E-state index in [1.165, 1.54) is 0 Å². The Morgan fingerprint density at radius 1 is 1.31 bits per heavy atom. The number of carbonyl (C=O) groups is 1. The summed E-state index contributed by atoms with van der Waals surface area (Å²) in [6.07, 6.45) is 9.87. The summed E-state index contributed by atoms with van der Waals surface area (Å²) < 4.78 is 2.09. The molecule has 1 unspecified atom stereocenters. The Morgan fingerprint density at radius 3 is 2.86 bits per heavy atom. The van der Waals surface area contributed by atoms with Crippen LogP contribution in [0.25, 0.3) is 21.9 Å². The number of amides is 1. The van der Waals surface area contributed by atoms with Crippen molar-refractivity contribution in [3.05, 3.63) is 54.4 Å². The number of imidazole rings is 1. The predicted molar refractivity (Wildman–Crippen MR) is 112 cm³/mol. The van der Waals surface area contributed by atoms with Gasteiger partial charge in [0.1, 0.15) is 5.52 Å². The molecule has 4 N–H and O–H groups in total. The SMILES string of the molecule is N#CC1=CCC(CCCCn2cnc3c(N)nc4ccccc4c32)(C(N)=O)C=C1. The maximum absolute atomic E-state index is 12.1. The minimum Gasteiger partial charge on any atom is -0.382 e. The highest BCUT2D eigenvalue weighted by Gasteiger charge is 2.34. The van der Waals surface area contributed by atoms with Gasteiger partial charge in [-0.1, -0.05) is 36.8 Å². The van der Waals surface area contributed by atoms with Crippen LogP contribution >= 0.6 is 0 Å². The topological polar surface area (TPSA) is 124 Å². The predicted octanol–water partition coefficient (Wildman–Crippen LogP) is 3.22. The number of pyridine rings is 1. The number of hydrogen-bond donors (Lipinski definition) is 2. The van der Waals surface area contributed by atoms with Crippen molar-refractivity contribution in [2.45, 2.75) is 32.2 Å². The molecule has 1 aliphatic carbocycles. The second-order valence-corrected chi connectivity index (χ2v) is 7.44. The van der Waals surface area contributed by atoms with Crippen molar-refractivity contribution in [1.29, 1.82) is 5.26 Å². The van der Waals surface area contributed by atoms with E-state index in [-0.39, 0.29) is 5.91 Å². The molecular formula is C22H22N6O. The summed E-state index contributed by atoms with van der Waals surface area (Å²) in [5, 5.41) is 10.0. The molecular weight excluding hydrogens is 364 g/mol. The normalized spacial score (nSPS) is 18.7. The third kappa shape index (κ3) is 3.34. The zero-order chi connectivity index (χ0) is 20.4. The van der Waals surface area contributed by atoms with Crippen molar-refractivity contribution >= 4 is 33.7 Å². The van der Waals surface area contributed by atoms with Crippen molar-refractivity contribution in [3.8, 4) is 6.07 Å². The first kappa shape index (κ1) is 18.7. The number of benzene rings is 1. The maximum Gasteiger partial charge on any atom is 0.227 e. The van der Waals surface area contributed by atoms with Gasteiger partial charge in [-0.2, -0.15) is 5.26 Å². The molecule has 4 rings (SSSR count). The van der Waals surface area contributed by atoms with E-state index in [1.54, 1.807) is 24.6 Å². The molecule has 7 heteroatoms. The maximum atomic E-state index is 12.1. The molecule has 2 aromatic heterocycles. The molecule has 0 fully saturated rings. The Labute approximate surface area is 168 Å². The molecule has 0 saturated carbocycles. The lowest BCUT2D eigenvalue weighted by Crippen LogP contribution is -2.36. The Morgan fingerprint density at radius 2 is 2.14 bits per heavy atom. The molecule has 0 radical (unpaired) electrons. The first-order valence-electron chi connectivity index (χ1n) is 9.62. The molecule has 0 spiro atoms. The van der Waals surface area contributed by atoms with Crippen LogP contribution in [-0.2, 0) is 11.3 Å². The molecule has 1 aromatic carbocycles. The second-order valence-electron chi connectivity index (χ2n) is 7.44. The van der Waals surface area contributed by atoms with E-state index < -0.39 is 5.41 Å². The van der Waals surface area contributed by atoms with Gasteiger partial charge in [0.05, 0.1) is 28.8 Å². The van der Waals surface area contributed by atoms with Crippen LogP contribution in [0.1, 0.15) is 25.7 Å². The average Bonchev–Trinajstić information content (AvgIpc) is 3.16. The zero-order valence-electron chi connectivity index (χ0n) is 16.0. The van der Waals surface area contributed by atoms with Crippen LogP contribution in [0.2, 0.25) is 0 Å². The average molecular weight is 386 g/mol. The van der Waals surface area contributed by atoms with Crippen molar-refractivity contribution < 1.29 is 4.79 Å². The molecule has 29 heavy (non-hydrogen) atoms. The Bertz CT molecular complexity index is 1200. The quantitative estimate of drug-likeness (QED) is 0.630. The number of nitrogen functional groups attached to an aromatic ring is 1. The van der Waals surface area contributed by atoms with Crippen LogP contribution in [0.3, 0.4) is 0 Å². The third-order valence-corrected chi connectivity index (χ3v) is 5.64. The highest BCUT2D eigenvalue weighted by Crippen LogP contribution is 2.35. The number of nitriles is 1. The number of nitrogens with two attached hydrogens (primary N) is 2. The fraction of sp³-hybridized carbons (Fsp3) is 0.273. The van der Waals surface area contributed by atoms with Crippen molar-refractivity contribution in [3.63, 3.8) is 0 Å². The highest BCUT2D eigenvalue weighted by atomic mass is 16.1. The number of primary amides is 1. The van der Waals surface area contributed by atoms with Gasteiger partial charge >= 0.3 is 0 Å². The van der Waals surface area contributed by atoms with Crippen molar-refractivity contribution in [2.24, 2.45) is 11.1 Å². The zero-order valence-corrected chi connectivity index (χ0v) is 16.0. The van der Waals surface area contributed by atoms with Crippen molar-refractivity contribution in [2.75, 3.05) is 5.73 Å². The summed E-state index contributed by atoms with van der Waals surface area (Å²) in [6.45, 7) is 0.752. The first-order valence-corrected chi connectivity index (χ1v) is 9.62. The van der Waals surface area contributed by atoms with E-state index >= 15 is 0 Å². The lowest BCUT2D eigenvalue weighted by atomic mass is 9.75. The number of allylic oxidation sites excluding steroid dienone is 3. The number of aryl methyl sites for hydroxylation is 1. The number of nitrogens with zero attached hydrogens (tertiary/aromatic N) is 4. The van der Waals surface area contributed by atoms with Crippen LogP contribution in [0.5, 0.6) is 0 Å². The molecule has 3 aromatic rings. The molecule has 1 atom stereocenters. The minimum atomic E-state index is -0.710. The summed E-state index contributed by atoms with van der Waals surface area (Å²) in [4.78, 5) is 21.0. The lowest BCUT2D eigenvalue weighted by Gasteiger charge is -2.28. The lowest BCUT2D eigenvalue weighted by molar-refractivity contribution is -0.125. The molecule has 1 aliphatic rings. The van der Waals surface area contributed by atoms with Crippen LogP contribution in [-0.4, -0.2) is 20.4 Å². The molecule has 2 heterocycles. The monoisotopic (exact) mass is 386 g/mol. The van der Waals surface area contributed by atoms with Crippen molar-refractivity contribution in [1.82, 2.24) is 14.5 Å². The van der Waals surface area contributed by atoms with Gasteiger partial charge in [0.25, 0.3) is 0 Å². The second kappa shape index (κ2) is 7.40. The Kier molecular flexibility index (Phi) is 4.77. The molecule has 1 amide bonds. The van der Waals surface area contributed by atoms with Gasteiger partial charge in [-0.25, -0.2) is 9.97 Å². The molecule has 0 bridgehead atoms. The van der Waals surface area contributed by atoms with E-state index in [0.717, 1.165) is 35.8 Å². The van der Waals surface area contributed by atoms with Crippen LogP contribution in [0.15, 0.2) is 54.4 Å². The first-order chi connectivity index (χ1) is 14.0. The minimum absolute atomic E-state index is 0.347. The standard InChI is InChI=1S/C22H22N6O/c23-13-15-7-10-22(11-8-15,21(25)29)9-3-4-12-28-14-26-18-19(28)16-5-1-2-6-17(16)27-20(18)24/h1-2,5-8,10,14H,3-4,9,11-12H2,(H2,24,27)(H2,25,29). The van der Waals surface area contributed by atoms with E-state index in [2.05, 4.69) is 20.6 Å². The van der Waals surface area contributed by atoms with Crippen LogP contribution in [0, 0.1) is 16.7 Å². The van der Waals surface area contributed by atoms with Gasteiger partial charge in [-0.15, -0.1) is 0 Å². The molecule has 0 aliphatic heterocycles. The smallest absolute Gasteiger partial charge is 0.227 e. The largest absolute Gasteiger partial charge is 0.382 e. The van der Waals surface area contributed by atoms with Gasteiger partial charge in [-0.05, 0) is 31.4 Å². The Balaban J connectivity index is 1.50. The summed E-state index contributed by atoms with van der Waals surface area (Å²) >= 11 is 0. The van der Waals surface area contributed by atoms with Crippen LogP contribution in [0.4, 0.5) is 5.82 Å². The van der Waals surface area contributed by atoms with Crippen LogP contribution < -0.4 is 11.5 Å². The van der Waals surface area contributed by atoms with Gasteiger partial charge < -0.3 is 16.0 Å². The van der Waals surface area contributed by atoms with E-state index in [0.29, 0.717) is 29.7 Å². The number of carbonyl (C=O) groups excluding carboxylic acids is 1. The number of hydrogen-bond acceptors (Lipinski definition) is 5. The number of rotatable bonds is 6. The number of aromatic nitrogens is 3. The fourth-order valence-corrected chi connectivity index (χ4v) is 3.95. The number of para-hydroxylation sites is 1.